The smallest absolute Gasteiger partial charge is 0.0935 e. The van der Waals surface area contributed by atoms with Crippen molar-refractivity contribution in [3.05, 3.63) is 0 Å². The molecule has 2 fully saturated rings. The lowest BCUT2D eigenvalue weighted by Crippen LogP contribution is -2.45. The highest BCUT2D eigenvalue weighted by molar-refractivity contribution is 4.89. The first-order chi connectivity index (χ1) is 9.69. The molecule has 0 bridgehead atoms. The molecule has 3 heteroatoms. The van der Waals surface area contributed by atoms with E-state index in [4.69, 9.17) is 14.2 Å². The Morgan fingerprint density at radius 1 is 1.05 bits per heavy atom. The van der Waals surface area contributed by atoms with E-state index in [-0.39, 0.29) is 5.60 Å². The predicted molar refractivity (Wildman–Crippen MR) is 81.0 cm³/mol. The predicted octanol–water partition coefficient (Wildman–Crippen LogP) is 3.95. The van der Waals surface area contributed by atoms with Crippen molar-refractivity contribution < 1.29 is 14.2 Å². The molecule has 0 saturated heterocycles. The molecule has 0 aromatic rings. The fourth-order valence-corrected chi connectivity index (χ4v) is 3.87. The van der Waals surface area contributed by atoms with Crippen LogP contribution < -0.4 is 0 Å². The summed E-state index contributed by atoms with van der Waals surface area (Å²) in [5.74, 6) is 0.750. The van der Waals surface area contributed by atoms with Crippen molar-refractivity contribution in [2.75, 3.05) is 20.8 Å². The Bertz CT molecular complexity index is 275. The van der Waals surface area contributed by atoms with Gasteiger partial charge in [-0.15, -0.1) is 0 Å². The topological polar surface area (TPSA) is 27.7 Å². The molecular formula is C17H32O3. The van der Waals surface area contributed by atoms with Gasteiger partial charge >= 0.3 is 0 Å². The molecule has 3 nitrogen and oxygen atoms in total. The molecule has 118 valence electrons. The van der Waals surface area contributed by atoms with Crippen LogP contribution in [-0.2, 0) is 14.2 Å². The van der Waals surface area contributed by atoms with Crippen molar-refractivity contribution in [2.45, 2.75) is 82.5 Å². The molecule has 2 saturated carbocycles. The first kappa shape index (κ1) is 16.3. The van der Waals surface area contributed by atoms with E-state index in [0.717, 1.165) is 31.8 Å². The van der Waals surface area contributed by atoms with Crippen LogP contribution in [0.5, 0.6) is 0 Å². The van der Waals surface area contributed by atoms with Gasteiger partial charge in [0.05, 0.1) is 24.4 Å². The normalized spacial score (nSPS) is 34.0. The van der Waals surface area contributed by atoms with Gasteiger partial charge in [-0.2, -0.15) is 0 Å². The number of hydrogen-bond acceptors (Lipinski definition) is 3. The Morgan fingerprint density at radius 2 is 1.80 bits per heavy atom. The van der Waals surface area contributed by atoms with Crippen LogP contribution in [0.15, 0.2) is 0 Å². The second-order valence-corrected chi connectivity index (χ2v) is 6.76. The first-order valence-electron chi connectivity index (χ1n) is 8.39. The van der Waals surface area contributed by atoms with Crippen molar-refractivity contribution >= 4 is 0 Å². The summed E-state index contributed by atoms with van der Waals surface area (Å²) < 4.78 is 17.6. The van der Waals surface area contributed by atoms with Crippen molar-refractivity contribution in [2.24, 2.45) is 5.92 Å². The SMILES string of the molecule is COC1CCCC(COC(C)C2CCCCC2)(OC)C1. The average molecular weight is 284 g/mol. The zero-order valence-electron chi connectivity index (χ0n) is 13.5. The third-order valence-electron chi connectivity index (χ3n) is 5.45. The van der Waals surface area contributed by atoms with Gasteiger partial charge in [0.2, 0.25) is 0 Å². The standard InChI is InChI=1S/C17H32O3/c1-14(15-8-5-4-6-9-15)20-13-17(19-3)11-7-10-16(12-17)18-2/h14-16H,4-13H2,1-3H3. The van der Waals surface area contributed by atoms with E-state index in [2.05, 4.69) is 6.92 Å². The third kappa shape index (κ3) is 4.19. The highest BCUT2D eigenvalue weighted by atomic mass is 16.5. The minimum Gasteiger partial charge on any atom is -0.381 e. The van der Waals surface area contributed by atoms with Crippen molar-refractivity contribution in [1.82, 2.24) is 0 Å². The molecule has 0 radical (unpaired) electrons. The highest BCUT2D eigenvalue weighted by Crippen LogP contribution is 2.34. The van der Waals surface area contributed by atoms with Crippen LogP contribution >= 0.6 is 0 Å². The number of ether oxygens (including phenoxy) is 3. The van der Waals surface area contributed by atoms with Crippen molar-refractivity contribution in [1.29, 1.82) is 0 Å². The maximum Gasteiger partial charge on any atom is 0.0935 e. The molecule has 2 rings (SSSR count). The zero-order valence-corrected chi connectivity index (χ0v) is 13.5. The van der Waals surface area contributed by atoms with Gasteiger partial charge in [0, 0.05) is 20.6 Å². The van der Waals surface area contributed by atoms with E-state index in [0.29, 0.717) is 12.2 Å². The molecular weight excluding hydrogens is 252 g/mol. The van der Waals surface area contributed by atoms with Crippen molar-refractivity contribution in [3.8, 4) is 0 Å². The van der Waals surface area contributed by atoms with Gasteiger partial charge in [-0.05, 0) is 44.9 Å². The van der Waals surface area contributed by atoms with E-state index in [9.17, 15) is 0 Å². The van der Waals surface area contributed by atoms with E-state index in [1.54, 1.807) is 0 Å². The van der Waals surface area contributed by atoms with Gasteiger partial charge in [0.15, 0.2) is 0 Å². The monoisotopic (exact) mass is 284 g/mol. The zero-order chi connectivity index (χ0) is 14.4. The highest BCUT2D eigenvalue weighted by Gasteiger charge is 2.37. The van der Waals surface area contributed by atoms with E-state index in [1.165, 1.54) is 38.5 Å². The molecule has 20 heavy (non-hydrogen) atoms. The Balaban J connectivity index is 1.83. The van der Waals surface area contributed by atoms with E-state index < -0.39 is 0 Å². The first-order valence-corrected chi connectivity index (χ1v) is 8.39. The number of hydrogen-bond donors (Lipinski definition) is 0. The molecule has 0 spiro atoms. The minimum absolute atomic E-state index is 0.123. The largest absolute Gasteiger partial charge is 0.381 e. The molecule has 0 heterocycles. The molecule has 0 aliphatic heterocycles. The van der Waals surface area contributed by atoms with Crippen LogP contribution in [0.1, 0.15) is 64.7 Å². The molecule has 2 aliphatic carbocycles. The summed E-state index contributed by atoms with van der Waals surface area (Å²) >= 11 is 0. The van der Waals surface area contributed by atoms with Gasteiger partial charge in [0.1, 0.15) is 0 Å². The summed E-state index contributed by atoms with van der Waals surface area (Å²) in [6.45, 7) is 2.97. The van der Waals surface area contributed by atoms with Gasteiger partial charge in [-0.1, -0.05) is 19.3 Å². The Kier molecular flexibility index (Phi) is 6.31. The summed E-state index contributed by atoms with van der Waals surface area (Å²) in [6.07, 6.45) is 11.9. The van der Waals surface area contributed by atoms with Crippen LogP contribution in [0.3, 0.4) is 0 Å². The summed E-state index contributed by atoms with van der Waals surface area (Å²) in [7, 11) is 3.63. The average Bonchev–Trinajstić information content (AvgIpc) is 2.53. The Hall–Kier alpha value is -0.120. The summed E-state index contributed by atoms with van der Waals surface area (Å²) in [6, 6.07) is 0. The molecule has 0 aromatic heterocycles. The summed E-state index contributed by atoms with van der Waals surface area (Å²) in [4.78, 5) is 0. The lowest BCUT2D eigenvalue weighted by Gasteiger charge is -2.40. The van der Waals surface area contributed by atoms with E-state index >= 15 is 0 Å². The molecule has 0 amide bonds. The lowest BCUT2D eigenvalue weighted by molar-refractivity contribution is -0.142. The quantitative estimate of drug-likeness (QED) is 0.739. The molecule has 2 aliphatic rings. The molecule has 0 N–H and O–H groups in total. The van der Waals surface area contributed by atoms with Crippen LogP contribution in [0, 0.1) is 5.92 Å². The fourth-order valence-electron chi connectivity index (χ4n) is 3.87. The second kappa shape index (κ2) is 7.77. The van der Waals surface area contributed by atoms with Crippen LogP contribution in [-0.4, -0.2) is 38.6 Å². The summed E-state index contributed by atoms with van der Waals surface area (Å²) in [5, 5.41) is 0. The van der Waals surface area contributed by atoms with Gasteiger partial charge in [-0.25, -0.2) is 0 Å². The van der Waals surface area contributed by atoms with Crippen LogP contribution in [0.2, 0.25) is 0 Å². The van der Waals surface area contributed by atoms with Gasteiger partial charge < -0.3 is 14.2 Å². The third-order valence-corrected chi connectivity index (χ3v) is 5.45. The molecule has 0 aromatic carbocycles. The number of rotatable bonds is 6. The fraction of sp³-hybridized carbons (Fsp3) is 1.00. The van der Waals surface area contributed by atoms with E-state index in [1.807, 2.05) is 14.2 Å². The second-order valence-electron chi connectivity index (χ2n) is 6.76. The molecule has 3 atom stereocenters. The van der Waals surface area contributed by atoms with Gasteiger partial charge in [0.25, 0.3) is 0 Å². The Labute approximate surface area is 124 Å². The van der Waals surface area contributed by atoms with Gasteiger partial charge in [-0.3, -0.25) is 0 Å². The number of methoxy groups -OCH3 is 2. The Morgan fingerprint density at radius 3 is 2.45 bits per heavy atom. The molecule has 3 unspecified atom stereocenters. The lowest BCUT2D eigenvalue weighted by atomic mass is 9.82. The minimum atomic E-state index is -0.123. The van der Waals surface area contributed by atoms with Crippen LogP contribution in [0.4, 0.5) is 0 Å². The summed E-state index contributed by atoms with van der Waals surface area (Å²) in [5.41, 5.74) is -0.123. The maximum absolute atomic E-state index is 6.23. The van der Waals surface area contributed by atoms with Crippen LogP contribution in [0.25, 0.3) is 0 Å². The van der Waals surface area contributed by atoms with Crippen molar-refractivity contribution in [3.63, 3.8) is 0 Å². The maximum atomic E-state index is 6.23.